The molecule has 7 nitrogen and oxygen atoms in total. The van der Waals surface area contributed by atoms with Crippen molar-refractivity contribution in [2.24, 2.45) is 0 Å². The molecule has 2 aromatic heterocycles. The van der Waals surface area contributed by atoms with Crippen LogP contribution in [0, 0.1) is 0 Å². The quantitative estimate of drug-likeness (QED) is 0.454. The maximum absolute atomic E-state index is 12.4. The molecule has 0 aliphatic heterocycles. The zero-order chi connectivity index (χ0) is 18.5. The van der Waals surface area contributed by atoms with Crippen molar-refractivity contribution in [1.29, 1.82) is 0 Å². The molecule has 1 saturated carbocycles. The van der Waals surface area contributed by atoms with E-state index in [2.05, 4.69) is 32.4 Å². The molecule has 0 N–H and O–H groups in total. The molecule has 27 heavy (non-hydrogen) atoms. The number of hydrogen-bond donors (Lipinski definition) is 0. The second-order valence-corrected chi connectivity index (χ2v) is 7.65. The highest BCUT2D eigenvalue weighted by atomic mass is 32.2. The van der Waals surface area contributed by atoms with Crippen LogP contribution in [0.4, 0.5) is 0 Å². The van der Waals surface area contributed by atoms with Gasteiger partial charge >= 0.3 is 0 Å². The molecule has 8 heteroatoms. The molecule has 1 aromatic carbocycles. The van der Waals surface area contributed by atoms with E-state index in [9.17, 15) is 4.79 Å². The fourth-order valence-electron chi connectivity index (χ4n) is 3.40. The van der Waals surface area contributed by atoms with E-state index in [1.165, 1.54) is 55.8 Å². The fourth-order valence-corrected chi connectivity index (χ4v) is 4.08. The van der Waals surface area contributed by atoms with Crippen LogP contribution in [0.2, 0.25) is 0 Å². The normalized spacial score (nSPS) is 15.1. The van der Waals surface area contributed by atoms with Gasteiger partial charge in [0.25, 0.3) is 5.22 Å². The molecule has 3 aromatic rings. The Hall–Kier alpha value is -2.48. The maximum Gasteiger partial charge on any atom is 0.277 e. The summed E-state index contributed by atoms with van der Waals surface area (Å²) in [6.07, 6.45) is 9.52. The van der Waals surface area contributed by atoms with Gasteiger partial charge in [0.15, 0.2) is 5.78 Å². The third-order valence-electron chi connectivity index (χ3n) is 4.85. The summed E-state index contributed by atoms with van der Waals surface area (Å²) < 4.78 is 7.14. The van der Waals surface area contributed by atoms with Crippen LogP contribution in [-0.4, -0.2) is 36.5 Å². The Labute approximate surface area is 161 Å². The minimum atomic E-state index is 0.0613. The lowest BCUT2D eigenvalue weighted by atomic mass is 9.84. The first kappa shape index (κ1) is 17.9. The van der Waals surface area contributed by atoms with Gasteiger partial charge in [-0.25, -0.2) is 9.67 Å². The van der Waals surface area contributed by atoms with Gasteiger partial charge in [0.05, 0.1) is 5.75 Å². The molecule has 140 valence electrons. The summed E-state index contributed by atoms with van der Waals surface area (Å²) in [5.74, 6) is 1.42. The van der Waals surface area contributed by atoms with E-state index < -0.39 is 0 Å². The number of carbonyl (C=O) groups excluding carboxylic acids is 1. The van der Waals surface area contributed by atoms with Crippen molar-refractivity contribution in [3.8, 4) is 0 Å². The summed E-state index contributed by atoms with van der Waals surface area (Å²) in [4.78, 5) is 16.3. The van der Waals surface area contributed by atoms with Crippen LogP contribution in [0.15, 0.2) is 46.6 Å². The van der Waals surface area contributed by atoms with E-state index in [4.69, 9.17) is 4.42 Å². The Morgan fingerprint density at radius 1 is 1.15 bits per heavy atom. The maximum atomic E-state index is 12.4. The highest BCUT2D eigenvalue weighted by Gasteiger charge is 2.16. The Morgan fingerprint density at radius 2 is 1.96 bits per heavy atom. The summed E-state index contributed by atoms with van der Waals surface area (Å²) in [6.45, 7) is 0.365. The molecule has 0 amide bonds. The van der Waals surface area contributed by atoms with Gasteiger partial charge in [-0.3, -0.25) is 4.79 Å². The van der Waals surface area contributed by atoms with Crippen LogP contribution in [0.25, 0.3) is 0 Å². The first-order valence-corrected chi connectivity index (χ1v) is 10.2. The number of Topliss-reactive ketones (excluding diaryl/α,β-unsaturated/α-hetero) is 1. The number of rotatable bonds is 7. The zero-order valence-corrected chi connectivity index (χ0v) is 15.8. The SMILES string of the molecule is O=C(CSc1nnc(Cn2cncn2)o1)c1ccc(C2CCCCC2)cc1. The highest BCUT2D eigenvalue weighted by Crippen LogP contribution is 2.32. The molecule has 1 aliphatic rings. The summed E-state index contributed by atoms with van der Waals surface area (Å²) >= 11 is 1.25. The largest absolute Gasteiger partial charge is 0.414 e. The predicted octanol–water partition coefficient (Wildman–Crippen LogP) is 3.73. The van der Waals surface area contributed by atoms with Crippen LogP contribution in [-0.2, 0) is 6.54 Å². The second-order valence-electron chi connectivity index (χ2n) is 6.72. The van der Waals surface area contributed by atoms with Crippen LogP contribution in [0.3, 0.4) is 0 Å². The van der Waals surface area contributed by atoms with Crippen molar-refractivity contribution in [2.45, 2.75) is 49.8 Å². The molecule has 0 atom stereocenters. The lowest BCUT2D eigenvalue weighted by Gasteiger charge is -2.22. The minimum absolute atomic E-state index is 0.0613. The van der Waals surface area contributed by atoms with Gasteiger partial charge < -0.3 is 4.42 Å². The number of benzene rings is 1. The van der Waals surface area contributed by atoms with Crippen molar-refractivity contribution in [1.82, 2.24) is 25.0 Å². The number of thioether (sulfide) groups is 1. The Bertz CT molecular complexity index is 870. The van der Waals surface area contributed by atoms with Gasteiger partial charge in [-0.15, -0.1) is 10.2 Å². The fraction of sp³-hybridized carbons (Fsp3) is 0.421. The average Bonchev–Trinajstić information content (AvgIpc) is 3.39. The Balaban J connectivity index is 1.30. The molecule has 1 aliphatic carbocycles. The number of nitrogens with zero attached hydrogens (tertiary/aromatic N) is 5. The van der Waals surface area contributed by atoms with Crippen molar-refractivity contribution >= 4 is 17.5 Å². The summed E-state index contributed by atoms with van der Waals surface area (Å²) in [5, 5.41) is 12.3. The van der Waals surface area contributed by atoms with E-state index in [0.717, 1.165) is 5.56 Å². The highest BCUT2D eigenvalue weighted by molar-refractivity contribution is 7.99. The van der Waals surface area contributed by atoms with Crippen molar-refractivity contribution < 1.29 is 9.21 Å². The molecule has 0 bridgehead atoms. The molecule has 0 unspecified atom stereocenters. The topological polar surface area (TPSA) is 86.7 Å². The third kappa shape index (κ3) is 4.63. The van der Waals surface area contributed by atoms with Crippen molar-refractivity contribution in [3.63, 3.8) is 0 Å². The van der Waals surface area contributed by atoms with Gasteiger partial charge in [0, 0.05) is 5.56 Å². The standard InChI is InChI=1S/C19H21N5O2S/c25-17(16-8-6-15(7-9-16)14-4-2-1-3-5-14)11-27-19-23-22-18(26-19)10-24-13-20-12-21-24/h6-9,12-14H,1-5,10-11H2. The van der Waals surface area contributed by atoms with Gasteiger partial charge in [0.2, 0.25) is 5.89 Å². The van der Waals surface area contributed by atoms with E-state index in [-0.39, 0.29) is 11.5 Å². The minimum Gasteiger partial charge on any atom is -0.414 e. The van der Waals surface area contributed by atoms with Gasteiger partial charge in [-0.05, 0) is 24.3 Å². The number of carbonyl (C=O) groups is 1. The Morgan fingerprint density at radius 3 is 2.70 bits per heavy atom. The molecule has 0 spiro atoms. The first-order valence-electron chi connectivity index (χ1n) is 9.19. The van der Waals surface area contributed by atoms with Crippen LogP contribution in [0.5, 0.6) is 0 Å². The van der Waals surface area contributed by atoms with E-state index in [1.807, 2.05) is 12.1 Å². The summed E-state index contributed by atoms with van der Waals surface area (Å²) in [6, 6.07) is 8.10. The zero-order valence-electron chi connectivity index (χ0n) is 15.0. The van der Waals surface area contributed by atoms with Crippen molar-refractivity contribution in [3.05, 3.63) is 53.9 Å². The lowest BCUT2D eigenvalue weighted by molar-refractivity contribution is 0.102. The van der Waals surface area contributed by atoms with Gasteiger partial charge in [-0.2, -0.15) is 5.10 Å². The van der Waals surface area contributed by atoms with Crippen LogP contribution >= 0.6 is 11.8 Å². The van der Waals surface area contributed by atoms with Gasteiger partial charge in [0.1, 0.15) is 19.2 Å². The first-order chi connectivity index (χ1) is 13.3. The number of ketones is 1. The van der Waals surface area contributed by atoms with Crippen LogP contribution < -0.4 is 0 Å². The lowest BCUT2D eigenvalue weighted by Crippen LogP contribution is -2.06. The Kier molecular flexibility index (Phi) is 5.62. The van der Waals surface area contributed by atoms with Crippen LogP contribution in [0.1, 0.15) is 59.8 Å². The van der Waals surface area contributed by atoms with E-state index in [0.29, 0.717) is 23.6 Å². The monoisotopic (exact) mass is 383 g/mol. The molecular formula is C19H21N5O2S. The molecule has 2 heterocycles. The third-order valence-corrected chi connectivity index (χ3v) is 5.67. The van der Waals surface area contributed by atoms with E-state index >= 15 is 0 Å². The number of aromatic nitrogens is 5. The molecule has 0 saturated heterocycles. The number of hydrogen-bond acceptors (Lipinski definition) is 7. The predicted molar refractivity (Wildman–Crippen MR) is 101 cm³/mol. The molecule has 0 radical (unpaired) electrons. The molecule has 1 fully saturated rings. The summed E-state index contributed by atoms with van der Waals surface area (Å²) in [5.41, 5.74) is 2.08. The van der Waals surface area contributed by atoms with Gasteiger partial charge in [-0.1, -0.05) is 55.3 Å². The molecule has 4 rings (SSSR count). The second kappa shape index (κ2) is 8.47. The molecular weight excluding hydrogens is 362 g/mol. The average molecular weight is 383 g/mol. The van der Waals surface area contributed by atoms with Crippen molar-refractivity contribution in [2.75, 3.05) is 5.75 Å². The smallest absolute Gasteiger partial charge is 0.277 e. The van der Waals surface area contributed by atoms with E-state index in [1.54, 1.807) is 11.0 Å². The summed E-state index contributed by atoms with van der Waals surface area (Å²) in [7, 11) is 0.